The van der Waals surface area contributed by atoms with Crippen LogP contribution in [0.25, 0.3) is 0 Å². The van der Waals surface area contributed by atoms with Gasteiger partial charge in [0, 0.05) is 12.0 Å². The van der Waals surface area contributed by atoms with Crippen molar-refractivity contribution in [2.75, 3.05) is 14.2 Å². The summed E-state index contributed by atoms with van der Waals surface area (Å²) in [6.07, 6.45) is 1.45. The smallest absolute Gasteiger partial charge is 0.319 e. The molecule has 6 heteroatoms. The zero-order valence-electron chi connectivity index (χ0n) is 14.1. The highest BCUT2D eigenvalue weighted by Gasteiger charge is 2.49. The number of ether oxygens (including phenoxy) is 2. The lowest BCUT2D eigenvalue weighted by molar-refractivity contribution is -0.156. The molecule has 0 aromatic heterocycles. The zero-order chi connectivity index (χ0) is 17.9. The lowest BCUT2D eigenvalue weighted by atomic mass is 9.79. The number of carbonyl (C=O) groups is 3. The molecule has 2 atom stereocenters. The summed E-state index contributed by atoms with van der Waals surface area (Å²) in [5, 5.41) is 0. The Bertz CT molecular complexity index is 669. The van der Waals surface area contributed by atoms with Gasteiger partial charge in [-0.2, -0.15) is 0 Å². The number of esters is 2. The third-order valence-electron chi connectivity index (χ3n) is 4.71. The summed E-state index contributed by atoms with van der Waals surface area (Å²) in [5.74, 6) is -2.56. The Kier molecular flexibility index (Phi) is 5.36. The van der Waals surface area contributed by atoms with Crippen molar-refractivity contribution in [1.82, 2.24) is 0 Å². The van der Waals surface area contributed by atoms with Gasteiger partial charge in [-0.1, -0.05) is 12.1 Å². The van der Waals surface area contributed by atoms with Crippen LogP contribution in [0.2, 0.25) is 0 Å². The second kappa shape index (κ2) is 7.11. The van der Waals surface area contributed by atoms with Crippen molar-refractivity contribution in [3.63, 3.8) is 0 Å². The summed E-state index contributed by atoms with van der Waals surface area (Å²) in [6, 6.07) is 4.40. The van der Waals surface area contributed by atoms with Gasteiger partial charge in [0.05, 0.1) is 20.1 Å². The molecule has 1 aliphatic rings. The minimum atomic E-state index is -1.23. The van der Waals surface area contributed by atoms with Crippen LogP contribution < -0.4 is 0 Å². The first-order valence-corrected chi connectivity index (χ1v) is 7.83. The van der Waals surface area contributed by atoms with E-state index in [4.69, 9.17) is 4.74 Å². The van der Waals surface area contributed by atoms with E-state index in [1.807, 2.05) is 0 Å². The van der Waals surface area contributed by atoms with Gasteiger partial charge in [0.25, 0.3) is 0 Å². The lowest BCUT2D eigenvalue weighted by Crippen LogP contribution is -2.38. The molecule has 0 bridgehead atoms. The number of methoxy groups -OCH3 is 2. The number of Topliss-reactive ketones (excluding diaryl/α,β-unsaturated/α-hetero) is 1. The van der Waals surface area contributed by atoms with E-state index in [-0.39, 0.29) is 17.8 Å². The molecule has 130 valence electrons. The van der Waals surface area contributed by atoms with E-state index in [1.165, 1.54) is 26.4 Å². The standard InChI is InChI=1S/C18H21FO5/c1-11(16(21)23-2)13-7-6-12(9-14(13)19)10-18(17(22)24-3)8-4-5-15(18)20/h6-7,9,11H,4-5,8,10H2,1-3H3. The van der Waals surface area contributed by atoms with Crippen molar-refractivity contribution in [2.45, 2.75) is 38.5 Å². The largest absolute Gasteiger partial charge is 0.469 e. The topological polar surface area (TPSA) is 69.7 Å². The Balaban J connectivity index is 2.30. The highest BCUT2D eigenvalue weighted by atomic mass is 19.1. The van der Waals surface area contributed by atoms with Gasteiger partial charge in [0.2, 0.25) is 0 Å². The predicted molar refractivity (Wildman–Crippen MR) is 83.8 cm³/mol. The molecule has 0 radical (unpaired) electrons. The number of rotatable bonds is 5. The zero-order valence-corrected chi connectivity index (χ0v) is 14.1. The van der Waals surface area contributed by atoms with Crippen LogP contribution in [0.4, 0.5) is 4.39 Å². The van der Waals surface area contributed by atoms with Crippen molar-refractivity contribution in [3.8, 4) is 0 Å². The van der Waals surface area contributed by atoms with Crippen LogP contribution in [-0.2, 0) is 30.3 Å². The molecule has 0 aliphatic heterocycles. The average molecular weight is 336 g/mol. The monoisotopic (exact) mass is 336 g/mol. The van der Waals surface area contributed by atoms with Crippen molar-refractivity contribution < 1.29 is 28.2 Å². The molecular weight excluding hydrogens is 315 g/mol. The van der Waals surface area contributed by atoms with Gasteiger partial charge in [0.1, 0.15) is 11.2 Å². The SMILES string of the molecule is COC(=O)C(C)c1ccc(CC2(C(=O)OC)CCCC2=O)cc1F. The Morgan fingerprint density at radius 1 is 1.29 bits per heavy atom. The van der Waals surface area contributed by atoms with Gasteiger partial charge in [-0.05, 0) is 37.8 Å². The second-order valence-electron chi connectivity index (χ2n) is 6.13. The first kappa shape index (κ1) is 18.1. The van der Waals surface area contributed by atoms with Crippen molar-refractivity contribution >= 4 is 17.7 Å². The maximum atomic E-state index is 14.4. The molecule has 1 aromatic rings. The number of halogens is 1. The molecule has 1 fully saturated rings. The van der Waals surface area contributed by atoms with E-state index in [0.29, 0.717) is 24.8 Å². The Morgan fingerprint density at radius 3 is 2.50 bits per heavy atom. The molecule has 0 amide bonds. The molecular formula is C18H21FO5. The van der Waals surface area contributed by atoms with Gasteiger partial charge in [-0.3, -0.25) is 14.4 Å². The summed E-state index contributed by atoms with van der Waals surface area (Å²) in [4.78, 5) is 35.9. The Morgan fingerprint density at radius 2 is 2.00 bits per heavy atom. The Labute approximate surface area is 140 Å². The fourth-order valence-corrected chi connectivity index (χ4v) is 3.28. The molecule has 1 aromatic carbocycles. The summed E-state index contributed by atoms with van der Waals surface area (Å²) in [7, 11) is 2.49. The maximum absolute atomic E-state index is 14.4. The highest BCUT2D eigenvalue weighted by Crippen LogP contribution is 2.39. The predicted octanol–water partition coefficient (Wildman–Crippen LogP) is 2.56. The van der Waals surface area contributed by atoms with Gasteiger partial charge < -0.3 is 9.47 Å². The van der Waals surface area contributed by atoms with Crippen molar-refractivity contribution in [1.29, 1.82) is 0 Å². The molecule has 0 heterocycles. The first-order valence-electron chi connectivity index (χ1n) is 7.83. The maximum Gasteiger partial charge on any atom is 0.319 e. The van der Waals surface area contributed by atoms with E-state index >= 15 is 0 Å². The molecule has 0 saturated heterocycles. The van der Waals surface area contributed by atoms with E-state index < -0.39 is 29.1 Å². The number of carbonyl (C=O) groups excluding carboxylic acids is 3. The highest BCUT2D eigenvalue weighted by molar-refractivity contribution is 6.05. The molecule has 1 aliphatic carbocycles. The van der Waals surface area contributed by atoms with Crippen LogP contribution in [0.3, 0.4) is 0 Å². The lowest BCUT2D eigenvalue weighted by Gasteiger charge is -2.24. The van der Waals surface area contributed by atoms with E-state index in [9.17, 15) is 18.8 Å². The van der Waals surface area contributed by atoms with Gasteiger partial charge >= 0.3 is 11.9 Å². The van der Waals surface area contributed by atoms with Crippen LogP contribution in [-0.4, -0.2) is 31.9 Å². The van der Waals surface area contributed by atoms with E-state index in [2.05, 4.69) is 4.74 Å². The first-order chi connectivity index (χ1) is 11.4. The van der Waals surface area contributed by atoms with E-state index in [1.54, 1.807) is 13.0 Å². The molecule has 1 saturated carbocycles. The Hall–Kier alpha value is -2.24. The van der Waals surface area contributed by atoms with Gasteiger partial charge in [-0.25, -0.2) is 4.39 Å². The summed E-state index contributed by atoms with van der Waals surface area (Å²) in [6.45, 7) is 1.56. The molecule has 2 rings (SSSR count). The summed E-state index contributed by atoms with van der Waals surface area (Å²) >= 11 is 0. The number of hydrogen-bond donors (Lipinski definition) is 0. The van der Waals surface area contributed by atoms with Gasteiger partial charge in [-0.15, -0.1) is 0 Å². The minimum absolute atomic E-state index is 0.0995. The third-order valence-corrected chi connectivity index (χ3v) is 4.71. The molecule has 2 unspecified atom stereocenters. The molecule has 0 N–H and O–H groups in total. The normalized spacial score (nSPS) is 21.4. The van der Waals surface area contributed by atoms with Crippen molar-refractivity contribution in [2.24, 2.45) is 5.41 Å². The van der Waals surface area contributed by atoms with Gasteiger partial charge in [0.15, 0.2) is 5.78 Å². The van der Waals surface area contributed by atoms with Crippen LogP contribution in [0.1, 0.15) is 43.2 Å². The number of ketones is 1. The van der Waals surface area contributed by atoms with Crippen LogP contribution in [0.15, 0.2) is 18.2 Å². The third kappa shape index (κ3) is 3.18. The van der Waals surface area contributed by atoms with E-state index in [0.717, 1.165) is 0 Å². The minimum Gasteiger partial charge on any atom is -0.469 e. The molecule has 0 spiro atoms. The fourth-order valence-electron chi connectivity index (χ4n) is 3.28. The quantitative estimate of drug-likeness (QED) is 0.610. The number of hydrogen-bond acceptors (Lipinski definition) is 5. The van der Waals surface area contributed by atoms with Crippen LogP contribution >= 0.6 is 0 Å². The second-order valence-corrected chi connectivity index (χ2v) is 6.13. The fraction of sp³-hybridized carbons (Fsp3) is 0.500. The van der Waals surface area contributed by atoms with Crippen LogP contribution in [0, 0.1) is 11.2 Å². The van der Waals surface area contributed by atoms with Crippen LogP contribution in [0.5, 0.6) is 0 Å². The molecule has 5 nitrogen and oxygen atoms in total. The number of benzene rings is 1. The van der Waals surface area contributed by atoms with Crippen molar-refractivity contribution in [3.05, 3.63) is 35.1 Å². The molecule has 24 heavy (non-hydrogen) atoms. The summed E-state index contributed by atoms with van der Waals surface area (Å²) < 4.78 is 23.8. The summed E-state index contributed by atoms with van der Waals surface area (Å²) in [5.41, 5.74) is -0.485. The average Bonchev–Trinajstić information content (AvgIpc) is 2.94.